The Morgan fingerprint density at radius 1 is 0.736 bits per heavy atom. The smallest absolute Gasteiger partial charge is 0.322 e. The molecule has 0 aliphatic heterocycles. The number of H-pyrrole nitrogens is 2. The van der Waals surface area contributed by atoms with Crippen molar-refractivity contribution >= 4 is 41.5 Å². The number of aromatic nitrogens is 4. The summed E-state index contributed by atoms with van der Waals surface area (Å²) in [5, 5.41) is 31.1. The molecule has 3 rings (SSSR count). The number of aromatic amines is 2. The molecule has 0 fully saturated rings. The van der Waals surface area contributed by atoms with Crippen molar-refractivity contribution in [3.05, 3.63) is 72.3 Å². The highest BCUT2D eigenvalue weighted by molar-refractivity contribution is 5.96. The van der Waals surface area contributed by atoms with Crippen LogP contribution < -0.4 is 43.8 Å². The van der Waals surface area contributed by atoms with Crippen LogP contribution in [0.1, 0.15) is 29.8 Å². The van der Waals surface area contributed by atoms with E-state index >= 15 is 0 Å². The zero-order valence-electron chi connectivity index (χ0n) is 28.7. The molecule has 0 saturated carbocycles. The third kappa shape index (κ3) is 14.4. The first-order valence-electron chi connectivity index (χ1n) is 16.5. The van der Waals surface area contributed by atoms with Crippen LogP contribution in [-0.2, 0) is 48.0 Å². The maximum absolute atomic E-state index is 14.0. The summed E-state index contributed by atoms with van der Waals surface area (Å²) in [5.41, 5.74) is 18.1. The summed E-state index contributed by atoms with van der Waals surface area (Å²) in [7, 11) is 0. The van der Waals surface area contributed by atoms with Crippen LogP contribution in [-0.4, -0.2) is 122 Å². The minimum absolute atomic E-state index is 0.0224. The van der Waals surface area contributed by atoms with E-state index in [4.69, 9.17) is 22.3 Å². The first-order chi connectivity index (χ1) is 25.4. The van der Waals surface area contributed by atoms with E-state index < -0.39 is 78.9 Å². The van der Waals surface area contributed by atoms with Crippen LogP contribution >= 0.6 is 0 Å². The van der Waals surface area contributed by atoms with E-state index in [0.29, 0.717) is 17.0 Å². The predicted octanol–water partition coefficient (Wildman–Crippen LogP) is -4.33. The van der Waals surface area contributed by atoms with Gasteiger partial charge in [0.25, 0.3) is 0 Å². The average Bonchev–Trinajstić information content (AvgIpc) is 3.85. The van der Waals surface area contributed by atoms with Crippen molar-refractivity contribution in [2.45, 2.75) is 62.3 Å². The molecule has 0 aliphatic carbocycles. The highest BCUT2D eigenvalue weighted by atomic mass is 16.4. The van der Waals surface area contributed by atoms with Gasteiger partial charge >= 0.3 is 5.97 Å². The number of carbonyl (C=O) groups excluding carboxylic acids is 5. The van der Waals surface area contributed by atoms with E-state index in [2.05, 4.69) is 51.5 Å². The van der Waals surface area contributed by atoms with Crippen LogP contribution in [0.25, 0.3) is 0 Å². The van der Waals surface area contributed by atoms with Crippen LogP contribution in [0, 0.1) is 0 Å². The average molecular weight is 740 g/mol. The van der Waals surface area contributed by atoms with Crippen molar-refractivity contribution < 1.29 is 39.0 Å². The molecule has 53 heavy (non-hydrogen) atoms. The molecule has 21 nitrogen and oxygen atoms in total. The minimum Gasteiger partial charge on any atom is -0.480 e. The molecule has 1 aromatic carbocycles. The second kappa shape index (κ2) is 21.1. The maximum atomic E-state index is 14.0. The molecular formula is C32H45N13O8. The zero-order valence-corrected chi connectivity index (χ0v) is 28.7. The topological polar surface area (TPSA) is 351 Å². The van der Waals surface area contributed by atoms with E-state index in [-0.39, 0.29) is 44.6 Å². The Kier molecular flexibility index (Phi) is 16.4. The fourth-order valence-electron chi connectivity index (χ4n) is 4.95. The number of imidazole rings is 2. The maximum Gasteiger partial charge on any atom is 0.322 e. The number of hydrogen-bond acceptors (Lipinski definition) is 11. The summed E-state index contributed by atoms with van der Waals surface area (Å²) in [4.78, 5) is 95.6. The summed E-state index contributed by atoms with van der Waals surface area (Å²) in [5.74, 6) is -5.48. The van der Waals surface area contributed by atoms with E-state index in [1.807, 2.05) is 0 Å². The van der Waals surface area contributed by atoms with Crippen molar-refractivity contribution in [1.29, 1.82) is 0 Å². The third-order valence-corrected chi connectivity index (χ3v) is 7.66. The number of carbonyl (C=O) groups is 6. The lowest BCUT2D eigenvalue weighted by atomic mass is 10.0. The number of aliphatic hydroxyl groups is 1. The Bertz CT molecular complexity index is 1670. The number of nitrogens with two attached hydrogens (primary N) is 3. The normalized spacial score (nSPS) is 13.6. The number of benzene rings is 1. The minimum atomic E-state index is -1.32. The number of aliphatic hydroxyl groups excluding tert-OH is 1. The molecule has 0 radical (unpaired) electrons. The van der Waals surface area contributed by atoms with Gasteiger partial charge in [-0.2, -0.15) is 0 Å². The quantitative estimate of drug-likeness (QED) is 0.0264. The Morgan fingerprint density at radius 3 is 1.75 bits per heavy atom. The van der Waals surface area contributed by atoms with Crippen LogP contribution in [0.2, 0.25) is 0 Å². The van der Waals surface area contributed by atoms with Crippen molar-refractivity contribution in [2.24, 2.45) is 22.2 Å². The number of aliphatic carboxylic acids is 1. The van der Waals surface area contributed by atoms with E-state index in [1.54, 1.807) is 30.3 Å². The summed E-state index contributed by atoms with van der Waals surface area (Å²) in [6.07, 6.45) is 5.58. The second-order valence-electron chi connectivity index (χ2n) is 11.8. The lowest BCUT2D eigenvalue weighted by Crippen LogP contribution is -2.60. The fourth-order valence-corrected chi connectivity index (χ4v) is 4.95. The van der Waals surface area contributed by atoms with Crippen molar-refractivity contribution in [3.8, 4) is 0 Å². The first kappa shape index (κ1) is 41.1. The molecule has 5 atom stereocenters. The lowest BCUT2D eigenvalue weighted by molar-refractivity contribution is -0.138. The Labute approximate surface area is 303 Å². The van der Waals surface area contributed by atoms with E-state index in [9.17, 15) is 33.9 Å². The summed E-state index contributed by atoms with van der Waals surface area (Å²) >= 11 is 0. The van der Waals surface area contributed by atoms with Crippen molar-refractivity contribution in [1.82, 2.24) is 46.5 Å². The SMILES string of the molecule is NC(N)=NCCC[C@H](NC(=O)[C@H](Cc1ccccc1)NC(=O)[C@H](Cc1cnc[nH]1)NC(=O)[C@@H](N)CO)C(=O)N[C@@H](Cc1cnc[nH]1)C(=O)NCC(=O)O. The predicted molar refractivity (Wildman–Crippen MR) is 188 cm³/mol. The zero-order chi connectivity index (χ0) is 38.8. The fraction of sp³-hybridized carbons (Fsp3) is 0.406. The van der Waals surface area contributed by atoms with Crippen LogP contribution in [0.15, 0.2) is 60.4 Å². The van der Waals surface area contributed by atoms with Gasteiger partial charge < -0.3 is 64.0 Å². The first-order valence-corrected chi connectivity index (χ1v) is 16.5. The van der Waals surface area contributed by atoms with Gasteiger partial charge in [-0.1, -0.05) is 30.3 Å². The van der Waals surface area contributed by atoms with Gasteiger partial charge in [-0.25, -0.2) is 9.97 Å². The number of amides is 5. The molecule has 0 aliphatic rings. The summed E-state index contributed by atoms with van der Waals surface area (Å²) in [6, 6.07) is 2.22. The van der Waals surface area contributed by atoms with Crippen LogP contribution in [0.5, 0.6) is 0 Å². The lowest BCUT2D eigenvalue weighted by Gasteiger charge is -2.27. The van der Waals surface area contributed by atoms with Crippen LogP contribution in [0.3, 0.4) is 0 Å². The van der Waals surface area contributed by atoms with Gasteiger partial charge in [0.1, 0.15) is 36.8 Å². The van der Waals surface area contributed by atoms with Crippen molar-refractivity contribution in [3.63, 3.8) is 0 Å². The molecule has 286 valence electrons. The van der Waals surface area contributed by atoms with Crippen LogP contribution in [0.4, 0.5) is 0 Å². The van der Waals surface area contributed by atoms with Gasteiger partial charge in [0.2, 0.25) is 29.5 Å². The number of nitrogens with one attached hydrogen (secondary N) is 7. The molecule has 0 saturated heterocycles. The Morgan fingerprint density at radius 2 is 1.25 bits per heavy atom. The number of carboxylic acid groups (broad SMARTS) is 1. The third-order valence-electron chi connectivity index (χ3n) is 7.66. The summed E-state index contributed by atoms with van der Waals surface area (Å²) in [6.45, 7) is -1.30. The van der Waals surface area contributed by atoms with E-state index in [0.717, 1.165) is 0 Å². The molecule has 0 spiro atoms. The monoisotopic (exact) mass is 739 g/mol. The summed E-state index contributed by atoms with van der Waals surface area (Å²) < 4.78 is 0. The molecule has 0 bridgehead atoms. The number of guanidine groups is 1. The number of hydrogen-bond donors (Lipinski definition) is 12. The molecule has 15 N–H and O–H groups in total. The van der Waals surface area contributed by atoms with E-state index in [1.165, 1.54) is 25.0 Å². The Hall–Kier alpha value is -6.35. The number of aliphatic imine (C=N–C) groups is 1. The number of carboxylic acids is 1. The van der Waals surface area contributed by atoms with Gasteiger partial charge in [-0.15, -0.1) is 0 Å². The molecular weight excluding hydrogens is 694 g/mol. The Balaban J connectivity index is 1.89. The molecule has 2 aromatic heterocycles. The standard InChI is InChI=1S/C32H45N13O8/c33-21(15-46)27(49)43-25(11-20-13-37-17-41-20)31(53)44-23(9-18-5-2-1-3-6-18)30(52)42-22(7-4-8-38-32(34)35)29(51)45-24(10-19-12-36-16-40-19)28(50)39-14-26(47)48/h1-3,5-6,12-13,16-17,21-25,46H,4,7-11,14-15,33H2,(H,36,40)(H,37,41)(H,39,50)(H,42,52)(H,43,49)(H,44,53)(H,45,51)(H,47,48)(H4,34,35,38)/t21-,22-,23-,24-,25-/m0/s1. The van der Waals surface area contributed by atoms with Gasteiger partial charge in [-0.3, -0.25) is 33.8 Å². The highest BCUT2D eigenvalue weighted by Crippen LogP contribution is 2.09. The molecule has 21 heteroatoms. The number of rotatable bonds is 22. The molecule has 0 unspecified atom stereocenters. The largest absolute Gasteiger partial charge is 0.480 e. The van der Waals surface area contributed by atoms with Gasteiger partial charge in [0, 0.05) is 49.6 Å². The van der Waals surface area contributed by atoms with Gasteiger partial charge in [0.15, 0.2) is 5.96 Å². The second-order valence-corrected chi connectivity index (χ2v) is 11.8. The molecule has 5 amide bonds. The van der Waals surface area contributed by atoms with Crippen molar-refractivity contribution in [2.75, 3.05) is 19.7 Å². The molecule has 2 heterocycles. The number of nitrogens with zero attached hydrogens (tertiary/aromatic N) is 3. The van der Waals surface area contributed by atoms with Gasteiger partial charge in [0.05, 0.1) is 19.3 Å². The van der Waals surface area contributed by atoms with Gasteiger partial charge in [-0.05, 0) is 18.4 Å². The molecule has 3 aromatic rings. The highest BCUT2D eigenvalue weighted by Gasteiger charge is 2.32.